The predicted octanol–water partition coefficient (Wildman–Crippen LogP) is 2.46. The van der Waals surface area contributed by atoms with Gasteiger partial charge in [-0.05, 0) is 6.92 Å². The first-order valence-corrected chi connectivity index (χ1v) is 4.12. The van der Waals surface area contributed by atoms with Crippen LogP contribution in [0.3, 0.4) is 0 Å². The van der Waals surface area contributed by atoms with E-state index < -0.39 is 21.9 Å². The smallest absolute Gasteiger partial charge is 0.450 e. The van der Waals surface area contributed by atoms with E-state index in [1.807, 2.05) is 0 Å². The number of rotatable bonds is 3. The van der Waals surface area contributed by atoms with E-state index in [1.165, 1.54) is 0 Å². The van der Waals surface area contributed by atoms with Gasteiger partial charge < -0.3 is 19.7 Å². The summed E-state index contributed by atoms with van der Waals surface area (Å²) in [5.74, 6) is 0. The van der Waals surface area contributed by atoms with Crippen LogP contribution >= 0.6 is 34.8 Å². The average Bonchev–Trinajstić information content (AvgIpc) is 1.78. The second-order valence-electron chi connectivity index (χ2n) is 2.17. The van der Waals surface area contributed by atoms with Crippen LogP contribution in [0.1, 0.15) is 6.92 Å². The highest BCUT2D eigenvalue weighted by molar-refractivity contribution is 6.52. The van der Waals surface area contributed by atoms with Crippen molar-refractivity contribution in [2.45, 2.75) is 16.5 Å². The van der Waals surface area contributed by atoms with Gasteiger partial charge in [-0.1, -0.05) is 34.8 Å². The van der Waals surface area contributed by atoms with E-state index in [2.05, 4.69) is 9.47 Å². The van der Waals surface area contributed by atoms with E-state index in [9.17, 15) is 9.59 Å². The summed E-state index contributed by atoms with van der Waals surface area (Å²) in [4.78, 5) is 20.2. The van der Waals surface area contributed by atoms with Gasteiger partial charge in [-0.25, -0.2) is 9.59 Å². The Balaban J connectivity index is 4.67. The van der Waals surface area contributed by atoms with Crippen molar-refractivity contribution in [1.29, 1.82) is 0 Å². The van der Waals surface area contributed by atoms with Crippen LogP contribution in [0.2, 0.25) is 0 Å². The SMILES string of the molecule is CC(Cl)(OC(=O)O)C(Cl)(Cl)OC(=O)O. The first-order chi connectivity index (χ1) is 6.08. The Morgan fingerprint density at radius 2 is 1.43 bits per heavy atom. The summed E-state index contributed by atoms with van der Waals surface area (Å²) < 4.78 is 5.42. The maximum Gasteiger partial charge on any atom is 0.508 e. The van der Waals surface area contributed by atoms with Crippen LogP contribution in [0.15, 0.2) is 0 Å². The quantitative estimate of drug-likeness (QED) is 0.602. The Kier molecular flexibility index (Phi) is 4.11. The van der Waals surface area contributed by atoms with Crippen LogP contribution in [0, 0.1) is 0 Å². The van der Waals surface area contributed by atoms with Gasteiger partial charge in [0.2, 0.25) is 0 Å². The molecule has 0 saturated carbocycles. The Labute approximate surface area is 93.2 Å². The summed E-state index contributed by atoms with van der Waals surface area (Å²) in [7, 11) is 0. The van der Waals surface area contributed by atoms with Gasteiger partial charge in [0, 0.05) is 0 Å². The van der Waals surface area contributed by atoms with Crippen LogP contribution in [-0.4, -0.2) is 32.1 Å². The molecule has 0 rings (SSSR count). The molecule has 0 fully saturated rings. The molecule has 2 N–H and O–H groups in total. The number of halogens is 3. The first-order valence-electron chi connectivity index (χ1n) is 2.99. The Morgan fingerprint density at radius 3 is 1.71 bits per heavy atom. The molecule has 9 heteroatoms. The number of hydrogen-bond acceptors (Lipinski definition) is 4. The molecule has 0 radical (unpaired) electrons. The minimum Gasteiger partial charge on any atom is -0.450 e. The largest absolute Gasteiger partial charge is 0.508 e. The second-order valence-corrected chi connectivity index (χ2v) is 4.15. The molecule has 82 valence electrons. The van der Waals surface area contributed by atoms with Crippen molar-refractivity contribution in [1.82, 2.24) is 0 Å². The molecule has 1 unspecified atom stereocenters. The molecule has 14 heavy (non-hydrogen) atoms. The number of alkyl halides is 3. The normalized spacial score (nSPS) is 15.4. The van der Waals surface area contributed by atoms with Crippen LogP contribution in [0.4, 0.5) is 9.59 Å². The number of ether oxygens (including phenoxy) is 2. The maximum atomic E-state index is 10.1. The summed E-state index contributed by atoms with van der Waals surface area (Å²) in [5, 5.41) is 14.2. The molecule has 6 nitrogen and oxygen atoms in total. The van der Waals surface area contributed by atoms with Gasteiger partial charge in [0.25, 0.3) is 5.06 Å². The van der Waals surface area contributed by atoms with Crippen LogP contribution in [-0.2, 0) is 9.47 Å². The third-order valence-corrected chi connectivity index (χ3v) is 2.43. The van der Waals surface area contributed by atoms with Crippen LogP contribution < -0.4 is 0 Å². The molecule has 0 aromatic carbocycles. The van der Waals surface area contributed by atoms with Crippen molar-refractivity contribution in [2.24, 2.45) is 0 Å². The van der Waals surface area contributed by atoms with E-state index in [-0.39, 0.29) is 0 Å². The molecule has 0 aliphatic heterocycles. The third-order valence-electron chi connectivity index (χ3n) is 1.01. The number of hydrogen-bond donors (Lipinski definition) is 2. The molecule has 0 aliphatic rings. The van der Waals surface area contributed by atoms with Gasteiger partial charge in [0.05, 0.1) is 0 Å². The van der Waals surface area contributed by atoms with E-state index in [0.717, 1.165) is 6.92 Å². The van der Waals surface area contributed by atoms with Crippen LogP contribution in [0.25, 0.3) is 0 Å². The van der Waals surface area contributed by atoms with Crippen molar-refractivity contribution in [3.05, 3.63) is 0 Å². The van der Waals surface area contributed by atoms with Crippen molar-refractivity contribution in [2.75, 3.05) is 0 Å². The maximum absolute atomic E-state index is 10.1. The zero-order chi connectivity index (χ0) is 11.6. The summed E-state index contributed by atoms with van der Waals surface area (Å²) in [6.45, 7) is 0.936. The third kappa shape index (κ3) is 3.65. The summed E-state index contributed by atoms with van der Waals surface area (Å²) >= 11 is 16.0. The van der Waals surface area contributed by atoms with Gasteiger partial charge in [-0.3, -0.25) is 0 Å². The molecule has 0 aliphatic carbocycles. The Hall–Kier alpha value is -0.590. The Morgan fingerprint density at radius 1 is 1.07 bits per heavy atom. The standard InChI is InChI=1S/C5H5Cl3O6/c1-4(6,13-2(9)10)5(7,8)14-3(11)12/h1H3,(H,9,10)(H,11,12). The molecule has 0 heterocycles. The molecule has 1 atom stereocenters. The van der Waals surface area contributed by atoms with Gasteiger partial charge in [0.15, 0.2) is 0 Å². The number of carbonyl (C=O) groups is 2. The highest BCUT2D eigenvalue weighted by atomic mass is 35.5. The topological polar surface area (TPSA) is 93.1 Å². The molecule has 0 bridgehead atoms. The lowest BCUT2D eigenvalue weighted by Crippen LogP contribution is -2.45. The van der Waals surface area contributed by atoms with Crippen LogP contribution in [0.5, 0.6) is 0 Å². The summed E-state index contributed by atoms with van der Waals surface area (Å²) in [6.07, 6.45) is -3.60. The fourth-order valence-electron chi connectivity index (χ4n) is 0.424. The van der Waals surface area contributed by atoms with E-state index in [1.54, 1.807) is 0 Å². The minimum absolute atomic E-state index is 0.936. The van der Waals surface area contributed by atoms with Crippen molar-refractivity contribution >= 4 is 47.1 Å². The summed E-state index contributed by atoms with van der Waals surface area (Å²) in [6, 6.07) is 0. The first kappa shape index (κ1) is 13.4. The second kappa shape index (κ2) is 4.29. The monoisotopic (exact) mass is 266 g/mol. The average molecular weight is 267 g/mol. The van der Waals surface area contributed by atoms with Crippen molar-refractivity contribution < 1.29 is 29.3 Å². The molecule has 0 amide bonds. The zero-order valence-corrected chi connectivity index (χ0v) is 8.93. The minimum atomic E-state index is -2.54. The Bertz CT molecular complexity index is 224. The molecular formula is C5H5Cl3O6. The van der Waals surface area contributed by atoms with Gasteiger partial charge in [-0.2, -0.15) is 0 Å². The van der Waals surface area contributed by atoms with Crippen molar-refractivity contribution in [3.63, 3.8) is 0 Å². The summed E-state index contributed by atoms with van der Waals surface area (Å²) in [5.41, 5.74) is 0. The van der Waals surface area contributed by atoms with Gasteiger partial charge in [0.1, 0.15) is 0 Å². The van der Waals surface area contributed by atoms with Gasteiger partial charge in [-0.15, -0.1) is 0 Å². The van der Waals surface area contributed by atoms with E-state index in [4.69, 9.17) is 45.0 Å². The number of carboxylic acid groups (broad SMARTS) is 2. The lowest BCUT2D eigenvalue weighted by molar-refractivity contribution is -0.0407. The fourth-order valence-corrected chi connectivity index (χ4v) is 0.738. The van der Waals surface area contributed by atoms with Crippen molar-refractivity contribution in [3.8, 4) is 0 Å². The highest BCUT2D eigenvalue weighted by Crippen LogP contribution is 2.41. The fraction of sp³-hybridized carbons (Fsp3) is 0.600. The lowest BCUT2D eigenvalue weighted by Gasteiger charge is -2.30. The molecule has 0 aromatic heterocycles. The molecule has 0 saturated heterocycles. The molecule has 0 aromatic rings. The van der Waals surface area contributed by atoms with E-state index in [0.29, 0.717) is 0 Å². The predicted molar refractivity (Wildman–Crippen MR) is 46.9 cm³/mol. The van der Waals surface area contributed by atoms with Gasteiger partial charge >= 0.3 is 16.8 Å². The zero-order valence-electron chi connectivity index (χ0n) is 6.66. The van der Waals surface area contributed by atoms with E-state index >= 15 is 0 Å². The lowest BCUT2D eigenvalue weighted by atomic mass is 10.4. The molecule has 0 spiro atoms. The molecular weight excluding hydrogens is 262 g/mol. The highest BCUT2D eigenvalue weighted by Gasteiger charge is 2.52.